The molecule has 0 bridgehead atoms. The lowest BCUT2D eigenvalue weighted by Gasteiger charge is -2.20. The van der Waals surface area contributed by atoms with Crippen molar-refractivity contribution in [1.82, 2.24) is 9.88 Å². The van der Waals surface area contributed by atoms with E-state index >= 15 is 0 Å². The highest BCUT2D eigenvalue weighted by atomic mass is 32.1. The summed E-state index contributed by atoms with van der Waals surface area (Å²) in [4.78, 5) is 18.1. The number of nitrogens with one attached hydrogen (secondary N) is 1. The van der Waals surface area contributed by atoms with Crippen molar-refractivity contribution < 1.29 is 4.79 Å². The zero-order valence-electron chi connectivity index (χ0n) is 11.7. The Morgan fingerprint density at radius 1 is 1.43 bits per heavy atom. The number of carbonyl (C=O) groups is 1. The molecule has 2 heterocycles. The molecule has 1 fully saturated rings. The molecule has 0 radical (unpaired) electrons. The Labute approximate surface area is 127 Å². The van der Waals surface area contributed by atoms with E-state index < -0.39 is 0 Å². The van der Waals surface area contributed by atoms with Crippen LogP contribution in [0.2, 0.25) is 0 Å². The molecule has 21 heavy (non-hydrogen) atoms. The van der Waals surface area contributed by atoms with E-state index in [1.165, 1.54) is 0 Å². The molecule has 1 aliphatic rings. The van der Waals surface area contributed by atoms with Crippen LogP contribution in [0.25, 0.3) is 0 Å². The molecule has 1 saturated heterocycles. The number of hydrogen-bond acceptors (Lipinski definition) is 5. The van der Waals surface area contributed by atoms with Gasteiger partial charge in [0.05, 0.1) is 11.7 Å². The number of thiazole rings is 1. The summed E-state index contributed by atoms with van der Waals surface area (Å²) in [6.07, 6.45) is 1.88. The van der Waals surface area contributed by atoms with Gasteiger partial charge in [0.15, 0.2) is 5.13 Å². The highest BCUT2D eigenvalue weighted by Crippen LogP contribution is 2.24. The van der Waals surface area contributed by atoms with Gasteiger partial charge in [-0.25, -0.2) is 4.98 Å². The molecule has 1 atom stereocenters. The molecule has 6 heteroatoms. The SMILES string of the molecule is NC(=O)C1CCCN1Cc1csc(Nc2ccccc2)n1. The minimum absolute atomic E-state index is 0.141. The first-order chi connectivity index (χ1) is 10.2. The van der Waals surface area contributed by atoms with Gasteiger partial charge in [0.2, 0.25) is 5.91 Å². The number of para-hydroxylation sites is 1. The van der Waals surface area contributed by atoms with Gasteiger partial charge in [-0.1, -0.05) is 18.2 Å². The third-order valence-corrected chi connectivity index (χ3v) is 4.44. The first kappa shape index (κ1) is 14.0. The maximum atomic E-state index is 11.4. The van der Waals surface area contributed by atoms with E-state index in [0.29, 0.717) is 6.54 Å². The van der Waals surface area contributed by atoms with Crippen molar-refractivity contribution in [2.75, 3.05) is 11.9 Å². The minimum Gasteiger partial charge on any atom is -0.368 e. The summed E-state index contributed by atoms with van der Waals surface area (Å²) in [6.45, 7) is 1.59. The lowest BCUT2D eigenvalue weighted by molar-refractivity contribution is -0.122. The van der Waals surface area contributed by atoms with Gasteiger partial charge in [0.25, 0.3) is 0 Å². The Balaban J connectivity index is 1.64. The molecule has 0 saturated carbocycles. The van der Waals surface area contributed by atoms with Crippen molar-refractivity contribution in [2.24, 2.45) is 5.73 Å². The standard InChI is InChI=1S/C15H18N4OS/c16-14(20)13-7-4-8-19(13)9-12-10-21-15(18-12)17-11-5-2-1-3-6-11/h1-3,5-6,10,13H,4,7-9H2,(H2,16,20)(H,17,18). The van der Waals surface area contributed by atoms with E-state index in [1.807, 2.05) is 35.7 Å². The van der Waals surface area contributed by atoms with Crippen LogP contribution in [-0.2, 0) is 11.3 Å². The first-order valence-electron chi connectivity index (χ1n) is 7.02. The molecule has 1 aromatic heterocycles. The van der Waals surface area contributed by atoms with E-state index in [1.54, 1.807) is 11.3 Å². The number of rotatable bonds is 5. The molecule has 1 amide bonds. The fourth-order valence-electron chi connectivity index (χ4n) is 2.63. The highest BCUT2D eigenvalue weighted by Gasteiger charge is 2.29. The van der Waals surface area contributed by atoms with Crippen LogP contribution in [-0.4, -0.2) is 28.4 Å². The number of carbonyl (C=O) groups excluding carboxylic acids is 1. The predicted octanol–water partition coefficient (Wildman–Crippen LogP) is 2.34. The maximum Gasteiger partial charge on any atom is 0.234 e. The molecule has 0 spiro atoms. The maximum absolute atomic E-state index is 11.4. The molecule has 0 aliphatic carbocycles. The monoisotopic (exact) mass is 302 g/mol. The van der Waals surface area contributed by atoms with Crippen LogP contribution in [0.4, 0.5) is 10.8 Å². The van der Waals surface area contributed by atoms with E-state index in [-0.39, 0.29) is 11.9 Å². The number of nitrogens with two attached hydrogens (primary N) is 1. The zero-order valence-corrected chi connectivity index (χ0v) is 12.5. The molecular formula is C15H18N4OS. The number of aromatic nitrogens is 1. The predicted molar refractivity (Wildman–Crippen MR) is 84.5 cm³/mol. The van der Waals surface area contributed by atoms with Crippen molar-refractivity contribution in [3.8, 4) is 0 Å². The summed E-state index contributed by atoms with van der Waals surface area (Å²) in [5.41, 5.74) is 7.44. The van der Waals surface area contributed by atoms with Crippen LogP contribution in [0.5, 0.6) is 0 Å². The average molecular weight is 302 g/mol. The number of anilines is 2. The second-order valence-electron chi connectivity index (χ2n) is 5.17. The molecule has 1 unspecified atom stereocenters. The Morgan fingerprint density at radius 2 is 2.24 bits per heavy atom. The number of primary amides is 1. The van der Waals surface area contributed by atoms with Crippen molar-refractivity contribution in [1.29, 1.82) is 0 Å². The van der Waals surface area contributed by atoms with Gasteiger partial charge in [-0.15, -0.1) is 11.3 Å². The van der Waals surface area contributed by atoms with Crippen molar-refractivity contribution in [3.63, 3.8) is 0 Å². The summed E-state index contributed by atoms with van der Waals surface area (Å²) < 4.78 is 0. The Kier molecular flexibility index (Phi) is 4.17. The van der Waals surface area contributed by atoms with Gasteiger partial charge in [0.1, 0.15) is 0 Å². The van der Waals surface area contributed by atoms with E-state index in [4.69, 9.17) is 5.73 Å². The van der Waals surface area contributed by atoms with Crippen LogP contribution in [0, 0.1) is 0 Å². The molecule has 2 aromatic rings. The van der Waals surface area contributed by atoms with Crippen LogP contribution >= 0.6 is 11.3 Å². The second-order valence-corrected chi connectivity index (χ2v) is 6.02. The van der Waals surface area contributed by atoms with E-state index in [2.05, 4.69) is 15.2 Å². The number of amides is 1. The fraction of sp³-hybridized carbons (Fsp3) is 0.333. The van der Waals surface area contributed by atoms with E-state index in [0.717, 1.165) is 35.9 Å². The van der Waals surface area contributed by atoms with Crippen molar-refractivity contribution in [2.45, 2.75) is 25.4 Å². The van der Waals surface area contributed by atoms with Gasteiger partial charge in [-0.3, -0.25) is 9.69 Å². The van der Waals surface area contributed by atoms with Crippen LogP contribution < -0.4 is 11.1 Å². The Bertz CT molecular complexity index is 613. The molecule has 1 aromatic carbocycles. The normalized spacial score (nSPS) is 18.8. The molecule has 1 aliphatic heterocycles. The van der Waals surface area contributed by atoms with Crippen LogP contribution in [0.3, 0.4) is 0 Å². The third-order valence-electron chi connectivity index (χ3n) is 3.63. The van der Waals surface area contributed by atoms with Gasteiger partial charge in [-0.2, -0.15) is 0 Å². The summed E-state index contributed by atoms with van der Waals surface area (Å²) in [6, 6.07) is 9.82. The molecule has 5 nitrogen and oxygen atoms in total. The third kappa shape index (κ3) is 3.40. The number of benzene rings is 1. The summed E-state index contributed by atoms with van der Waals surface area (Å²) in [5.74, 6) is -0.231. The number of likely N-dealkylation sites (tertiary alicyclic amines) is 1. The highest BCUT2D eigenvalue weighted by molar-refractivity contribution is 7.13. The summed E-state index contributed by atoms with van der Waals surface area (Å²) in [7, 11) is 0. The van der Waals surface area contributed by atoms with Crippen molar-refractivity contribution in [3.05, 3.63) is 41.4 Å². The Hall–Kier alpha value is -1.92. The molecule has 3 rings (SSSR count). The largest absolute Gasteiger partial charge is 0.368 e. The topological polar surface area (TPSA) is 71.2 Å². The summed E-state index contributed by atoms with van der Waals surface area (Å²) >= 11 is 1.57. The van der Waals surface area contributed by atoms with Gasteiger partial charge >= 0.3 is 0 Å². The van der Waals surface area contributed by atoms with Crippen LogP contribution in [0.15, 0.2) is 35.7 Å². The average Bonchev–Trinajstić information content (AvgIpc) is 3.10. The van der Waals surface area contributed by atoms with Crippen molar-refractivity contribution >= 4 is 28.1 Å². The van der Waals surface area contributed by atoms with Gasteiger partial charge in [-0.05, 0) is 31.5 Å². The lowest BCUT2D eigenvalue weighted by Crippen LogP contribution is -2.39. The zero-order chi connectivity index (χ0) is 14.7. The smallest absolute Gasteiger partial charge is 0.234 e. The first-order valence-corrected chi connectivity index (χ1v) is 7.90. The Morgan fingerprint density at radius 3 is 3.00 bits per heavy atom. The molecule has 110 valence electrons. The molecule has 3 N–H and O–H groups in total. The minimum atomic E-state index is -0.231. The van der Waals surface area contributed by atoms with E-state index in [9.17, 15) is 4.79 Å². The second kappa shape index (κ2) is 6.24. The number of nitrogens with zero attached hydrogens (tertiary/aromatic N) is 2. The van der Waals surface area contributed by atoms with Gasteiger partial charge < -0.3 is 11.1 Å². The van der Waals surface area contributed by atoms with Crippen LogP contribution in [0.1, 0.15) is 18.5 Å². The van der Waals surface area contributed by atoms with Gasteiger partial charge in [0, 0.05) is 17.6 Å². The number of hydrogen-bond donors (Lipinski definition) is 2. The summed E-state index contributed by atoms with van der Waals surface area (Å²) in [5, 5.41) is 6.18. The fourth-order valence-corrected chi connectivity index (χ4v) is 3.35. The quantitative estimate of drug-likeness (QED) is 0.889. The lowest BCUT2D eigenvalue weighted by atomic mass is 10.2. The molecular weight excluding hydrogens is 284 g/mol.